The largest absolute Gasteiger partial charge is 0.756 e. The number of rotatable bonds is 63. The van der Waals surface area contributed by atoms with Crippen LogP contribution in [0.2, 0.25) is 0 Å². The Kier molecular flexibility index (Phi) is 62.2. The summed E-state index contributed by atoms with van der Waals surface area (Å²) < 4.78 is 30.4. The van der Waals surface area contributed by atoms with Gasteiger partial charge in [0.2, 0.25) is 5.91 Å². The number of nitrogens with one attached hydrogen (secondary N) is 1. The zero-order valence-corrected chi connectivity index (χ0v) is 57.8. The quantitative estimate of drug-likeness (QED) is 0.0212. The average Bonchev–Trinajstić information content (AvgIpc) is 3.70. The minimum atomic E-state index is -4.72. The molecule has 10 heteroatoms. The van der Waals surface area contributed by atoms with Crippen molar-refractivity contribution in [1.82, 2.24) is 5.32 Å². The Hall–Kier alpha value is -3.85. The fourth-order valence-electron chi connectivity index (χ4n) is 9.63. The minimum Gasteiger partial charge on any atom is -0.756 e. The van der Waals surface area contributed by atoms with Gasteiger partial charge in [-0.15, -0.1) is 0 Å². The van der Waals surface area contributed by atoms with E-state index in [0.29, 0.717) is 23.9 Å². The van der Waals surface area contributed by atoms with Crippen molar-refractivity contribution in [2.24, 2.45) is 0 Å². The molecule has 87 heavy (non-hydrogen) atoms. The van der Waals surface area contributed by atoms with Crippen LogP contribution in [-0.4, -0.2) is 69.4 Å². The van der Waals surface area contributed by atoms with Crippen molar-refractivity contribution in [3.8, 4) is 0 Å². The molecule has 0 aliphatic carbocycles. The number of likely N-dealkylation sites (N-methyl/N-ethyl adjacent to an activating group) is 1. The lowest BCUT2D eigenvalue weighted by atomic mass is 10.0. The molecule has 0 saturated carbocycles. The summed E-state index contributed by atoms with van der Waals surface area (Å²) in [6.07, 6.45) is 92.8. The highest BCUT2D eigenvalue weighted by Crippen LogP contribution is 2.38. The summed E-state index contributed by atoms with van der Waals surface area (Å²) in [5.41, 5.74) is 0. The number of ether oxygens (including phenoxy) is 1. The molecule has 0 fully saturated rings. The van der Waals surface area contributed by atoms with Crippen LogP contribution in [0.5, 0.6) is 0 Å². The first-order chi connectivity index (χ1) is 42.4. The van der Waals surface area contributed by atoms with Crippen molar-refractivity contribution < 1.29 is 37.3 Å². The Morgan fingerprint density at radius 2 is 0.736 bits per heavy atom. The summed E-state index contributed by atoms with van der Waals surface area (Å²) in [6.45, 7) is 6.69. The molecule has 0 aliphatic rings. The van der Waals surface area contributed by atoms with E-state index in [1.807, 2.05) is 33.3 Å². The second kappa shape index (κ2) is 65.1. The Morgan fingerprint density at radius 1 is 0.414 bits per heavy atom. The molecule has 498 valence electrons. The number of amides is 1. The number of carbonyl (C=O) groups excluding carboxylic acids is 2. The van der Waals surface area contributed by atoms with Crippen LogP contribution in [0.1, 0.15) is 290 Å². The maximum Gasteiger partial charge on any atom is 0.306 e. The first-order valence-corrected chi connectivity index (χ1v) is 37.0. The summed E-state index contributed by atoms with van der Waals surface area (Å²) in [4.78, 5) is 40.2. The van der Waals surface area contributed by atoms with Crippen LogP contribution in [0.25, 0.3) is 0 Å². The van der Waals surface area contributed by atoms with Crippen molar-refractivity contribution in [2.75, 3.05) is 40.9 Å². The van der Waals surface area contributed by atoms with Gasteiger partial charge in [0, 0.05) is 12.8 Å². The second-order valence-corrected chi connectivity index (χ2v) is 26.1. The molecular weight excluding hydrogens is 1100 g/mol. The number of esters is 1. The number of allylic oxidation sites excluding steroid dienone is 21. The van der Waals surface area contributed by atoms with Crippen LogP contribution in [0, 0.1) is 0 Å². The monoisotopic (exact) mass is 1230 g/mol. The Bertz CT molecular complexity index is 1950. The Labute approximate surface area is 536 Å². The van der Waals surface area contributed by atoms with Gasteiger partial charge in [0.1, 0.15) is 19.3 Å². The highest BCUT2D eigenvalue weighted by molar-refractivity contribution is 7.45. The number of phosphoric ester groups is 1. The number of hydrogen-bond acceptors (Lipinski definition) is 7. The van der Waals surface area contributed by atoms with E-state index in [-0.39, 0.29) is 31.3 Å². The molecule has 0 heterocycles. The van der Waals surface area contributed by atoms with Gasteiger partial charge in [0.25, 0.3) is 7.82 Å². The van der Waals surface area contributed by atoms with Gasteiger partial charge in [-0.05, 0) is 128 Å². The molecule has 3 atom stereocenters. The van der Waals surface area contributed by atoms with Gasteiger partial charge in [0.15, 0.2) is 0 Å². The molecule has 0 spiro atoms. The lowest BCUT2D eigenvalue weighted by Crippen LogP contribution is -2.47. The van der Waals surface area contributed by atoms with E-state index >= 15 is 0 Å². The molecule has 9 nitrogen and oxygen atoms in total. The number of unbranched alkanes of at least 4 members (excludes halogenated alkanes) is 27. The predicted molar refractivity (Wildman–Crippen MR) is 376 cm³/mol. The van der Waals surface area contributed by atoms with E-state index in [9.17, 15) is 19.0 Å². The van der Waals surface area contributed by atoms with Crippen LogP contribution in [-0.2, 0) is 27.9 Å². The topological polar surface area (TPSA) is 114 Å². The summed E-state index contributed by atoms with van der Waals surface area (Å²) in [5, 5.41) is 3.03. The molecule has 0 rings (SSSR count). The highest BCUT2D eigenvalue weighted by Gasteiger charge is 2.27. The SMILES string of the molecule is CC/C=C\C/C=C\C/C=C\C/C=C\C/C=C\C/C=C\CCCCCCCCCCC(=O)OC(/C=C\CCCCCCCCCCCCC)C(COP(=O)([O-])OCC[N+](C)(C)C)NC(=O)CCCCCCC/C=C\C/C=C\C/C=C\C/C=C\CCCCC. The van der Waals surface area contributed by atoms with Gasteiger partial charge >= 0.3 is 5.97 Å². The molecule has 0 radical (unpaired) electrons. The van der Waals surface area contributed by atoms with Gasteiger partial charge < -0.3 is 28.5 Å². The smallest absolute Gasteiger partial charge is 0.306 e. The molecule has 0 aromatic carbocycles. The van der Waals surface area contributed by atoms with Crippen molar-refractivity contribution >= 4 is 19.7 Å². The fraction of sp³-hybridized carbons (Fsp3) is 0.688. The molecular formula is C77H133N2O7P. The Balaban J connectivity index is 5.19. The zero-order valence-electron chi connectivity index (χ0n) is 56.9. The first-order valence-electron chi connectivity index (χ1n) is 35.5. The second-order valence-electron chi connectivity index (χ2n) is 24.6. The minimum absolute atomic E-state index is 0.0345. The summed E-state index contributed by atoms with van der Waals surface area (Å²) in [6, 6.07) is -0.913. The molecule has 1 amide bonds. The van der Waals surface area contributed by atoms with Gasteiger partial charge in [-0.25, -0.2) is 0 Å². The number of quaternary nitrogens is 1. The zero-order chi connectivity index (χ0) is 63.5. The van der Waals surface area contributed by atoms with Gasteiger partial charge in [0.05, 0.1) is 33.8 Å². The van der Waals surface area contributed by atoms with Crippen LogP contribution in [0.15, 0.2) is 134 Å². The number of phosphoric acid groups is 1. The molecule has 0 aromatic heterocycles. The maximum absolute atomic E-state index is 13.6. The molecule has 3 unspecified atom stereocenters. The van der Waals surface area contributed by atoms with Crippen LogP contribution < -0.4 is 10.2 Å². The standard InChI is InChI=1S/C77H133N2O7P/c1-7-10-13-16-19-22-25-28-30-32-34-36-37-38-39-40-41-43-45-47-49-52-55-58-61-64-67-70-77(81)86-75(68-65-62-59-56-53-50-27-24-21-18-15-12-9-3)74(73-85-87(82,83)84-72-71-79(4,5)6)78-76(80)69-66-63-60-57-54-51-48-46-44-42-35-33-31-29-26-23-20-17-14-11-8-2/h10,13,19-20,22-23,28-31,34-36,38-39,41-43,46,48,65,68,74-75H,7-9,11-12,14-18,21,24-27,32-33,37,40,44-45,47,49-64,66-67,69-73H2,1-6H3,(H-,78,80,82,83)/b13-10-,22-19-,23-20-,30-28-,31-29-,36-34-,39-38-,42-35-,43-41-,48-46-,68-65-. The molecule has 0 saturated heterocycles. The van der Waals surface area contributed by atoms with Gasteiger partial charge in [-0.3, -0.25) is 14.2 Å². The van der Waals surface area contributed by atoms with Crippen molar-refractivity contribution in [1.29, 1.82) is 0 Å². The predicted octanol–water partition coefficient (Wildman–Crippen LogP) is 22.2. The van der Waals surface area contributed by atoms with Crippen molar-refractivity contribution in [2.45, 2.75) is 303 Å². The summed E-state index contributed by atoms with van der Waals surface area (Å²) in [7, 11) is 1.15. The lowest BCUT2D eigenvalue weighted by molar-refractivity contribution is -0.870. The van der Waals surface area contributed by atoms with Crippen molar-refractivity contribution in [3.05, 3.63) is 134 Å². The van der Waals surface area contributed by atoms with E-state index in [4.69, 9.17) is 13.8 Å². The molecule has 0 aliphatic heterocycles. The fourth-order valence-corrected chi connectivity index (χ4v) is 10.3. The highest BCUT2D eigenvalue weighted by atomic mass is 31.2. The third kappa shape index (κ3) is 66.4. The average molecular weight is 1230 g/mol. The van der Waals surface area contributed by atoms with Crippen molar-refractivity contribution in [3.63, 3.8) is 0 Å². The number of hydrogen-bond donors (Lipinski definition) is 1. The van der Waals surface area contributed by atoms with Gasteiger partial charge in [-0.2, -0.15) is 0 Å². The molecule has 0 aromatic rings. The lowest BCUT2D eigenvalue weighted by Gasteiger charge is -2.30. The third-order valence-corrected chi connectivity index (χ3v) is 16.0. The van der Waals surface area contributed by atoms with Gasteiger partial charge in [-0.1, -0.05) is 283 Å². The first kappa shape index (κ1) is 83.2. The summed E-state index contributed by atoms with van der Waals surface area (Å²) in [5.74, 6) is -0.575. The van der Waals surface area contributed by atoms with Crippen LogP contribution in [0.3, 0.4) is 0 Å². The van der Waals surface area contributed by atoms with E-state index in [0.717, 1.165) is 135 Å². The maximum atomic E-state index is 13.6. The number of nitrogens with zero attached hydrogens (tertiary/aromatic N) is 1. The normalized spacial score (nSPS) is 14.3. The van der Waals surface area contributed by atoms with E-state index in [2.05, 4.69) is 148 Å². The van der Waals surface area contributed by atoms with E-state index in [1.54, 1.807) is 0 Å². The van der Waals surface area contributed by atoms with Crippen LogP contribution in [0.4, 0.5) is 0 Å². The third-order valence-electron chi connectivity index (χ3n) is 15.1. The van der Waals surface area contributed by atoms with Crippen LogP contribution >= 0.6 is 7.82 Å². The molecule has 1 N–H and O–H groups in total. The van der Waals surface area contributed by atoms with E-state index in [1.165, 1.54) is 109 Å². The molecule has 0 bridgehead atoms. The summed E-state index contributed by atoms with van der Waals surface area (Å²) >= 11 is 0. The van der Waals surface area contributed by atoms with E-state index < -0.39 is 26.6 Å². The number of carbonyl (C=O) groups is 2. The Morgan fingerprint density at radius 3 is 1.13 bits per heavy atom.